The zero-order valence-electron chi connectivity index (χ0n) is 11.0. The van der Waals surface area contributed by atoms with Crippen LogP contribution in [-0.2, 0) is 13.5 Å². The maximum atomic E-state index is 11.7. The lowest BCUT2D eigenvalue weighted by molar-refractivity contribution is 0.237. The highest BCUT2D eigenvalue weighted by atomic mass is 32.1. The minimum absolute atomic E-state index is 0.173. The van der Waals surface area contributed by atoms with E-state index in [4.69, 9.17) is 0 Å². The van der Waals surface area contributed by atoms with Crippen LogP contribution in [0.5, 0.6) is 0 Å². The van der Waals surface area contributed by atoms with Gasteiger partial charge in [0.2, 0.25) is 0 Å². The Morgan fingerprint density at radius 2 is 2.42 bits per heavy atom. The Morgan fingerprint density at radius 1 is 1.58 bits per heavy atom. The third kappa shape index (κ3) is 3.78. The Bertz CT molecular complexity index is 522. The molecule has 0 fully saturated rings. The van der Waals surface area contributed by atoms with E-state index in [1.165, 1.54) is 5.56 Å². The Hall–Kier alpha value is -1.89. The van der Waals surface area contributed by atoms with Crippen LogP contribution in [0.1, 0.15) is 24.4 Å². The van der Waals surface area contributed by atoms with Crippen molar-refractivity contribution in [2.24, 2.45) is 7.05 Å². The van der Waals surface area contributed by atoms with Gasteiger partial charge >= 0.3 is 6.03 Å². The van der Waals surface area contributed by atoms with Crippen LogP contribution >= 0.6 is 11.3 Å². The number of carbonyl (C=O) groups excluding carboxylic acids is 1. The van der Waals surface area contributed by atoms with Crippen LogP contribution in [0.4, 0.5) is 4.79 Å². The summed E-state index contributed by atoms with van der Waals surface area (Å²) < 4.78 is 1.79. The van der Waals surface area contributed by atoms with Crippen molar-refractivity contribution in [3.8, 4) is 0 Å². The standard InChI is InChI=1S/C12H17N5OS/c1-9(11-16-14-8-17(11)2)15-12(18)13-5-3-10-4-6-19-7-10/h4,6-9H,3,5H2,1-2H3,(H2,13,15,18)/t9-/m0/s1. The third-order valence-corrected chi connectivity index (χ3v) is 3.49. The lowest BCUT2D eigenvalue weighted by atomic mass is 10.2. The van der Waals surface area contributed by atoms with Gasteiger partial charge in [0.1, 0.15) is 6.33 Å². The lowest BCUT2D eigenvalue weighted by Crippen LogP contribution is -2.38. The normalized spacial score (nSPS) is 12.1. The molecule has 2 rings (SSSR count). The predicted molar refractivity (Wildman–Crippen MR) is 74.0 cm³/mol. The Kier molecular flexibility index (Phi) is 4.51. The van der Waals surface area contributed by atoms with Gasteiger partial charge in [-0.15, -0.1) is 10.2 Å². The second-order valence-corrected chi connectivity index (χ2v) is 5.08. The SMILES string of the molecule is C[C@H](NC(=O)NCCc1ccsc1)c1nncn1C. The molecule has 0 aliphatic heterocycles. The summed E-state index contributed by atoms with van der Waals surface area (Å²) in [6.45, 7) is 2.50. The largest absolute Gasteiger partial charge is 0.338 e. The molecule has 0 bridgehead atoms. The van der Waals surface area contributed by atoms with Gasteiger partial charge in [-0.2, -0.15) is 11.3 Å². The molecule has 0 aromatic carbocycles. The number of amides is 2. The summed E-state index contributed by atoms with van der Waals surface area (Å²) in [6.07, 6.45) is 2.46. The van der Waals surface area contributed by atoms with Crippen molar-refractivity contribution >= 4 is 17.4 Å². The van der Waals surface area contributed by atoms with E-state index in [-0.39, 0.29) is 12.1 Å². The topological polar surface area (TPSA) is 71.8 Å². The van der Waals surface area contributed by atoms with Crippen molar-refractivity contribution in [2.45, 2.75) is 19.4 Å². The highest BCUT2D eigenvalue weighted by Crippen LogP contribution is 2.07. The summed E-state index contributed by atoms with van der Waals surface area (Å²) in [6, 6.07) is 1.70. The molecule has 0 spiro atoms. The molecule has 7 heteroatoms. The Balaban J connectivity index is 1.74. The average Bonchev–Trinajstić information content (AvgIpc) is 3.00. The maximum Gasteiger partial charge on any atom is 0.315 e. The maximum absolute atomic E-state index is 11.7. The fourth-order valence-electron chi connectivity index (χ4n) is 1.75. The van der Waals surface area contributed by atoms with Crippen molar-refractivity contribution < 1.29 is 4.79 Å². The van der Waals surface area contributed by atoms with Crippen LogP contribution in [0.15, 0.2) is 23.2 Å². The van der Waals surface area contributed by atoms with Crippen molar-refractivity contribution in [3.63, 3.8) is 0 Å². The highest BCUT2D eigenvalue weighted by Gasteiger charge is 2.13. The number of nitrogens with one attached hydrogen (secondary N) is 2. The van der Waals surface area contributed by atoms with Gasteiger partial charge in [0.05, 0.1) is 6.04 Å². The van der Waals surface area contributed by atoms with Crippen LogP contribution in [0.3, 0.4) is 0 Å². The number of nitrogens with zero attached hydrogens (tertiary/aromatic N) is 3. The minimum atomic E-state index is -0.189. The first kappa shape index (κ1) is 13.5. The molecular formula is C12H17N5OS. The quantitative estimate of drug-likeness (QED) is 0.871. The van der Waals surface area contributed by atoms with Crippen LogP contribution in [0, 0.1) is 0 Å². The van der Waals surface area contributed by atoms with Crippen LogP contribution in [0.2, 0.25) is 0 Å². The Labute approximate surface area is 115 Å². The average molecular weight is 279 g/mol. The molecule has 0 radical (unpaired) electrons. The second-order valence-electron chi connectivity index (χ2n) is 4.30. The van der Waals surface area contributed by atoms with E-state index < -0.39 is 0 Å². The first-order chi connectivity index (χ1) is 9.16. The molecule has 2 amide bonds. The number of urea groups is 1. The van der Waals surface area contributed by atoms with E-state index in [9.17, 15) is 4.79 Å². The molecule has 0 aliphatic carbocycles. The fourth-order valence-corrected chi connectivity index (χ4v) is 2.45. The van der Waals surface area contributed by atoms with E-state index in [1.807, 2.05) is 19.4 Å². The zero-order valence-corrected chi connectivity index (χ0v) is 11.8. The molecule has 2 N–H and O–H groups in total. The van der Waals surface area contributed by atoms with Gasteiger partial charge in [-0.05, 0) is 35.7 Å². The molecule has 0 saturated carbocycles. The first-order valence-electron chi connectivity index (χ1n) is 6.06. The molecule has 2 aromatic rings. The molecule has 19 heavy (non-hydrogen) atoms. The van der Waals surface area contributed by atoms with Crippen molar-refractivity contribution in [2.75, 3.05) is 6.54 Å². The molecule has 0 saturated heterocycles. The smallest absolute Gasteiger partial charge is 0.315 e. The van der Waals surface area contributed by atoms with Gasteiger partial charge < -0.3 is 15.2 Å². The van der Waals surface area contributed by atoms with E-state index in [1.54, 1.807) is 22.2 Å². The monoisotopic (exact) mass is 279 g/mol. The predicted octanol–water partition coefficient (Wildman–Crippen LogP) is 1.48. The molecule has 2 heterocycles. The highest BCUT2D eigenvalue weighted by molar-refractivity contribution is 7.07. The van der Waals surface area contributed by atoms with Gasteiger partial charge in [0, 0.05) is 13.6 Å². The van der Waals surface area contributed by atoms with Crippen LogP contribution in [0.25, 0.3) is 0 Å². The number of aryl methyl sites for hydroxylation is 1. The molecular weight excluding hydrogens is 262 g/mol. The van der Waals surface area contributed by atoms with Crippen molar-refractivity contribution in [1.82, 2.24) is 25.4 Å². The molecule has 2 aromatic heterocycles. The van der Waals surface area contributed by atoms with Gasteiger partial charge in [0.25, 0.3) is 0 Å². The van der Waals surface area contributed by atoms with Crippen LogP contribution < -0.4 is 10.6 Å². The molecule has 0 aliphatic rings. The number of rotatable bonds is 5. The van der Waals surface area contributed by atoms with Gasteiger partial charge in [-0.3, -0.25) is 0 Å². The Morgan fingerprint density at radius 3 is 3.05 bits per heavy atom. The van der Waals surface area contributed by atoms with E-state index in [0.717, 1.165) is 12.2 Å². The van der Waals surface area contributed by atoms with Crippen molar-refractivity contribution in [1.29, 1.82) is 0 Å². The summed E-state index contributed by atoms with van der Waals surface area (Å²) in [7, 11) is 1.85. The summed E-state index contributed by atoms with van der Waals surface area (Å²) in [5.41, 5.74) is 1.24. The van der Waals surface area contributed by atoms with Gasteiger partial charge in [0.15, 0.2) is 5.82 Å². The number of carbonyl (C=O) groups is 1. The van der Waals surface area contributed by atoms with Gasteiger partial charge in [-0.25, -0.2) is 4.79 Å². The second kappa shape index (κ2) is 6.33. The number of aromatic nitrogens is 3. The lowest BCUT2D eigenvalue weighted by Gasteiger charge is -2.13. The summed E-state index contributed by atoms with van der Waals surface area (Å²) in [5, 5.41) is 17.5. The molecule has 1 atom stereocenters. The third-order valence-electron chi connectivity index (χ3n) is 2.76. The minimum Gasteiger partial charge on any atom is -0.338 e. The first-order valence-corrected chi connectivity index (χ1v) is 7.00. The zero-order chi connectivity index (χ0) is 13.7. The molecule has 0 unspecified atom stereocenters. The summed E-state index contributed by atoms with van der Waals surface area (Å²) in [5.74, 6) is 0.730. The summed E-state index contributed by atoms with van der Waals surface area (Å²) >= 11 is 1.66. The van der Waals surface area contributed by atoms with E-state index >= 15 is 0 Å². The number of thiophene rings is 1. The number of hydrogen-bond acceptors (Lipinski definition) is 4. The fraction of sp³-hybridized carbons (Fsp3) is 0.417. The van der Waals surface area contributed by atoms with Crippen molar-refractivity contribution in [3.05, 3.63) is 34.5 Å². The van der Waals surface area contributed by atoms with E-state index in [0.29, 0.717) is 6.54 Å². The van der Waals surface area contributed by atoms with Crippen LogP contribution in [-0.4, -0.2) is 27.3 Å². The summed E-state index contributed by atoms with van der Waals surface area (Å²) in [4.78, 5) is 11.7. The number of hydrogen-bond donors (Lipinski definition) is 2. The molecule has 6 nitrogen and oxygen atoms in total. The van der Waals surface area contributed by atoms with E-state index in [2.05, 4.69) is 32.3 Å². The van der Waals surface area contributed by atoms with Gasteiger partial charge in [-0.1, -0.05) is 0 Å². The molecule has 102 valence electrons.